The van der Waals surface area contributed by atoms with Gasteiger partial charge in [-0.2, -0.15) is 0 Å². The van der Waals surface area contributed by atoms with Gasteiger partial charge in [-0.1, -0.05) is 90.9 Å². The van der Waals surface area contributed by atoms with Crippen molar-refractivity contribution in [3.8, 4) is 0 Å². The summed E-state index contributed by atoms with van der Waals surface area (Å²) < 4.78 is 0. The second-order valence-corrected chi connectivity index (χ2v) is 11.3. The van der Waals surface area contributed by atoms with E-state index in [1.807, 2.05) is 0 Å². The van der Waals surface area contributed by atoms with Crippen molar-refractivity contribution < 1.29 is 9.90 Å². The summed E-state index contributed by atoms with van der Waals surface area (Å²) in [6.45, 7) is 12.7. The molecule has 2 nitrogen and oxygen atoms in total. The summed E-state index contributed by atoms with van der Waals surface area (Å²) in [6.07, 6.45) is 7.36. The summed E-state index contributed by atoms with van der Waals surface area (Å²) >= 11 is 0. The van der Waals surface area contributed by atoms with Crippen molar-refractivity contribution in [3.05, 3.63) is 12.2 Å². The number of carboxylic acids is 1. The molecule has 20 heavy (non-hydrogen) atoms. The van der Waals surface area contributed by atoms with Crippen molar-refractivity contribution in [2.75, 3.05) is 0 Å². The SMILES string of the molecule is C=C(C(=O)O)C(C)[Si](CCCC)(CCCC)CCCC. The van der Waals surface area contributed by atoms with Gasteiger partial charge in [-0.15, -0.1) is 0 Å². The molecule has 0 aromatic carbocycles. The lowest BCUT2D eigenvalue weighted by molar-refractivity contribution is -0.132. The highest BCUT2D eigenvalue weighted by Gasteiger charge is 2.39. The molecular formula is C17H34O2Si. The Hall–Kier alpha value is -0.573. The molecular weight excluding hydrogens is 264 g/mol. The maximum atomic E-state index is 11.3. The van der Waals surface area contributed by atoms with E-state index in [0.717, 1.165) is 0 Å². The fourth-order valence-corrected chi connectivity index (χ4v) is 9.25. The standard InChI is InChI=1S/C17H34O2Si/c1-6-9-12-20(13-10-7-2,14-11-8-3)16(5)15(4)17(18)19/h16H,4,6-14H2,1-3,5H3,(H,18,19). The molecule has 0 aliphatic rings. The Morgan fingerprint density at radius 1 is 1.00 bits per heavy atom. The number of carboxylic acid groups (broad SMARTS) is 1. The van der Waals surface area contributed by atoms with Gasteiger partial charge in [-0.3, -0.25) is 0 Å². The lowest BCUT2D eigenvalue weighted by atomic mass is 10.2. The van der Waals surface area contributed by atoms with E-state index in [0.29, 0.717) is 5.57 Å². The van der Waals surface area contributed by atoms with E-state index < -0.39 is 14.0 Å². The Kier molecular flexibility index (Phi) is 9.90. The van der Waals surface area contributed by atoms with Gasteiger partial charge in [0.25, 0.3) is 0 Å². The third-order valence-electron chi connectivity index (χ3n) is 4.80. The first-order valence-electron chi connectivity index (χ1n) is 8.37. The molecule has 1 unspecified atom stereocenters. The Bertz CT molecular complexity index is 278. The van der Waals surface area contributed by atoms with Gasteiger partial charge in [0.05, 0.1) is 8.07 Å². The Balaban J connectivity index is 5.19. The number of hydrogen-bond donors (Lipinski definition) is 1. The quantitative estimate of drug-likeness (QED) is 0.361. The highest BCUT2D eigenvalue weighted by molar-refractivity contribution is 6.82. The van der Waals surface area contributed by atoms with Gasteiger partial charge in [0.2, 0.25) is 0 Å². The maximum Gasteiger partial charge on any atom is 0.330 e. The van der Waals surface area contributed by atoms with E-state index >= 15 is 0 Å². The monoisotopic (exact) mass is 298 g/mol. The van der Waals surface area contributed by atoms with Crippen LogP contribution in [0.3, 0.4) is 0 Å². The van der Waals surface area contributed by atoms with Crippen molar-refractivity contribution in [1.82, 2.24) is 0 Å². The summed E-state index contributed by atoms with van der Waals surface area (Å²) in [5.41, 5.74) is 0.671. The predicted octanol–water partition coefficient (Wildman–Crippen LogP) is 5.87. The molecule has 0 saturated carbocycles. The van der Waals surface area contributed by atoms with E-state index in [1.54, 1.807) is 0 Å². The van der Waals surface area contributed by atoms with Crippen molar-refractivity contribution in [2.24, 2.45) is 0 Å². The van der Waals surface area contributed by atoms with Gasteiger partial charge in [-0.05, 0) is 5.54 Å². The molecule has 118 valence electrons. The molecule has 0 amide bonds. The van der Waals surface area contributed by atoms with E-state index in [1.165, 1.54) is 56.7 Å². The van der Waals surface area contributed by atoms with E-state index in [-0.39, 0.29) is 5.54 Å². The molecule has 3 heteroatoms. The number of carbonyl (C=O) groups is 1. The van der Waals surface area contributed by atoms with E-state index in [4.69, 9.17) is 0 Å². The average Bonchev–Trinajstić information content (AvgIpc) is 2.45. The van der Waals surface area contributed by atoms with Gasteiger partial charge >= 0.3 is 5.97 Å². The fourth-order valence-electron chi connectivity index (χ4n) is 3.17. The number of rotatable bonds is 12. The predicted molar refractivity (Wildman–Crippen MR) is 91.1 cm³/mol. The van der Waals surface area contributed by atoms with Crippen LogP contribution in [0.4, 0.5) is 0 Å². The van der Waals surface area contributed by atoms with Crippen molar-refractivity contribution in [3.63, 3.8) is 0 Å². The molecule has 0 spiro atoms. The Morgan fingerprint density at radius 3 is 1.60 bits per heavy atom. The average molecular weight is 299 g/mol. The largest absolute Gasteiger partial charge is 0.478 e. The second kappa shape index (κ2) is 10.2. The van der Waals surface area contributed by atoms with Crippen LogP contribution >= 0.6 is 0 Å². The number of hydrogen-bond acceptors (Lipinski definition) is 1. The molecule has 0 aromatic rings. The van der Waals surface area contributed by atoms with E-state index in [9.17, 15) is 9.90 Å². The van der Waals surface area contributed by atoms with Crippen molar-refractivity contribution in [2.45, 2.75) is 89.9 Å². The molecule has 0 aromatic heterocycles. The van der Waals surface area contributed by atoms with Gasteiger partial charge < -0.3 is 5.11 Å². The molecule has 0 radical (unpaired) electrons. The van der Waals surface area contributed by atoms with Crippen LogP contribution in [0.5, 0.6) is 0 Å². The van der Waals surface area contributed by atoms with Crippen LogP contribution in [0.2, 0.25) is 23.7 Å². The lowest BCUT2D eigenvalue weighted by Gasteiger charge is -2.38. The normalized spacial score (nSPS) is 13.2. The molecule has 0 heterocycles. The molecule has 0 saturated heterocycles. The van der Waals surface area contributed by atoms with Crippen LogP contribution in [0, 0.1) is 0 Å². The van der Waals surface area contributed by atoms with Crippen LogP contribution in [0.15, 0.2) is 12.2 Å². The first kappa shape index (κ1) is 19.4. The molecule has 0 fully saturated rings. The van der Waals surface area contributed by atoms with Gasteiger partial charge in [-0.25, -0.2) is 4.79 Å². The maximum absolute atomic E-state index is 11.3. The second-order valence-electron chi connectivity index (χ2n) is 6.23. The fraction of sp³-hybridized carbons (Fsp3) is 0.824. The third kappa shape index (κ3) is 5.82. The molecule has 0 aliphatic heterocycles. The molecule has 1 atom stereocenters. The molecule has 0 aliphatic carbocycles. The van der Waals surface area contributed by atoms with E-state index in [2.05, 4.69) is 34.3 Å². The summed E-state index contributed by atoms with van der Waals surface area (Å²) in [5.74, 6) is -0.793. The van der Waals surface area contributed by atoms with Crippen LogP contribution < -0.4 is 0 Å². The zero-order valence-electron chi connectivity index (χ0n) is 14.0. The summed E-state index contributed by atoms with van der Waals surface area (Å²) in [6, 6.07) is 3.82. The van der Waals surface area contributed by atoms with Gasteiger partial charge in [0.15, 0.2) is 0 Å². The number of unbranched alkanes of at least 4 members (excludes halogenated alkanes) is 3. The van der Waals surface area contributed by atoms with Crippen LogP contribution in [0.25, 0.3) is 0 Å². The first-order chi connectivity index (χ1) is 9.45. The zero-order valence-corrected chi connectivity index (χ0v) is 15.0. The first-order valence-corrected chi connectivity index (χ1v) is 11.1. The number of aliphatic carboxylic acids is 1. The summed E-state index contributed by atoms with van der Waals surface area (Å²) in [7, 11) is -1.57. The van der Waals surface area contributed by atoms with Crippen LogP contribution in [0.1, 0.15) is 66.2 Å². The Morgan fingerprint density at radius 2 is 1.35 bits per heavy atom. The highest BCUT2D eigenvalue weighted by Crippen LogP contribution is 2.41. The Labute approximate surface area is 126 Å². The topological polar surface area (TPSA) is 37.3 Å². The minimum absolute atomic E-state index is 0.213. The third-order valence-corrected chi connectivity index (χ3v) is 11.0. The smallest absolute Gasteiger partial charge is 0.330 e. The molecule has 0 rings (SSSR count). The summed E-state index contributed by atoms with van der Waals surface area (Å²) in [4.78, 5) is 11.3. The van der Waals surface area contributed by atoms with Crippen LogP contribution in [-0.2, 0) is 4.79 Å². The van der Waals surface area contributed by atoms with Gasteiger partial charge in [0.1, 0.15) is 0 Å². The highest BCUT2D eigenvalue weighted by atomic mass is 28.3. The van der Waals surface area contributed by atoms with Crippen molar-refractivity contribution in [1.29, 1.82) is 0 Å². The summed E-state index contributed by atoms with van der Waals surface area (Å²) in [5, 5.41) is 9.31. The van der Waals surface area contributed by atoms with Crippen LogP contribution in [-0.4, -0.2) is 19.1 Å². The van der Waals surface area contributed by atoms with Crippen molar-refractivity contribution >= 4 is 14.0 Å². The van der Waals surface area contributed by atoms with Gasteiger partial charge in [0, 0.05) is 5.57 Å². The molecule has 1 N–H and O–H groups in total. The molecule has 0 bridgehead atoms. The zero-order chi connectivity index (χ0) is 15.6. The minimum atomic E-state index is -1.57. The minimum Gasteiger partial charge on any atom is -0.478 e. The lowest BCUT2D eigenvalue weighted by Crippen LogP contribution is -2.40.